The predicted molar refractivity (Wildman–Crippen MR) is 61.2 cm³/mol. The van der Waals surface area contributed by atoms with Gasteiger partial charge in [0.1, 0.15) is 5.82 Å². The zero-order valence-corrected chi connectivity index (χ0v) is 10.4. The van der Waals surface area contributed by atoms with Crippen molar-refractivity contribution in [2.45, 2.75) is 32.4 Å². The summed E-state index contributed by atoms with van der Waals surface area (Å²) in [6.45, 7) is 2.11. The van der Waals surface area contributed by atoms with Crippen LogP contribution < -0.4 is 0 Å². The largest absolute Gasteiger partial charge is 0.462 e. The van der Waals surface area contributed by atoms with E-state index < -0.39 is 23.5 Å². The van der Waals surface area contributed by atoms with E-state index in [2.05, 4.69) is 0 Å². The fourth-order valence-electron chi connectivity index (χ4n) is 1.47. The first-order valence-corrected chi connectivity index (χ1v) is 5.90. The summed E-state index contributed by atoms with van der Waals surface area (Å²) in [5, 5.41) is 0. The van der Waals surface area contributed by atoms with E-state index in [0.29, 0.717) is 18.6 Å². The van der Waals surface area contributed by atoms with Gasteiger partial charge in [0, 0.05) is 0 Å². The monoisotopic (exact) mass is 278 g/mol. The minimum atomic E-state index is -4.83. The summed E-state index contributed by atoms with van der Waals surface area (Å²) < 4.78 is 55.2. The summed E-state index contributed by atoms with van der Waals surface area (Å²) in [7, 11) is 0. The lowest BCUT2D eigenvalue weighted by Crippen LogP contribution is -2.12. The molecular formula is C13H14F4O2. The Morgan fingerprint density at radius 2 is 1.95 bits per heavy atom. The average Bonchev–Trinajstić information content (AvgIpc) is 2.33. The zero-order chi connectivity index (χ0) is 14.5. The summed E-state index contributed by atoms with van der Waals surface area (Å²) in [5.41, 5.74) is -1.76. The Bertz CT molecular complexity index is 441. The Morgan fingerprint density at radius 1 is 1.26 bits per heavy atom. The third-order valence-electron chi connectivity index (χ3n) is 2.49. The highest BCUT2D eigenvalue weighted by Crippen LogP contribution is 2.32. The third kappa shape index (κ3) is 4.54. The van der Waals surface area contributed by atoms with E-state index in [1.807, 2.05) is 6.92 Å². The second-order valence-corrected chi connectivity index (χ2v) is 4.04. The van der Waals surface area contributed by atoms with Gasteiger partial charge in [-0.05, 0) is 24.6 Å². The highest BCUT2D eigenvalue weighted by Gasteiger charge is 2.34. The summed E-state index contributed by atoms with van der Waals surface area (Å²) >= 11 is 0. The summed E-state index contributed by atoms with van der Waals surface area (Å²) in [6, 6.07) is 2.07. The molecule has 0 aromatic heterocycles. The molecule has 0 radical (unpaired) electrons. The van der Waals surface area contributed by atoms with Crippen molar-refractivity contribution in [3.63, 3.8) is 0 Å². The molecular weight excluding hydrogens is 264 g/mol. The molecule has 0 spiro atoms. The van der Waals surface area contributed by atoms with Gasteiger partial charge in [-0.1, -0.05) is 19.8 Å². The number of ether oxygens (including phenoxy) is 1. The van der Waals surface area contributed by atoms with Gasteiger partial charge in [-0.15, -0.1) is 0 Å². The second kappa shape index (κ2) is 6.54. The number of rotatable bonds is 5. The molecule has 0 saturated carbocycles. The lowest BCUT2D eigenvalue weighted by Gasteiger charge is -2.10. The predicted octanol–water partition coefficient (Wildman–Crippen LogP) is 4.19. The molecule has 1 aromatic carbocycles. The molecule has 0 aliphatic heterocycles. The fourth-order valence-corrected chi connectivity index (χ4v) is 1.47. The fraction of sp³-hybridized carbons (Fsp3) is 0.462. The van der Waals surface area contributed by atoms with Crippen molar-refractivity contribution >= 4 is 5.97 Å². The van der Waals surface area contributed by atoms with E-state index in [-0.39, 0.29) is 12.2 Å². The van der Waals surface area contributed by atoms with Crippen LogP contribution in [-0.2, 0) is 10.9 Å². The molecule has 0 N–H and O–H groups in total. The Hall–Kier alpha value is -1.59. The zero-order valence-electron chi connectivity index (χ0n) is 10.4. The molecule has 0 atom stereocenters. The quantitative estimate of drug-likeness (QED) is 0.458. The van der Waals surface area contributed by atoms with Crippen molar-refractivity contribution in [1.29, 1.82) is 0 Å². The van der Waals surface area contributed by atoms with E-state index in [1.54, 1.807) is 0 Å². The molecule has 19 heavy (non-hydrogen) atoms. The molecule has 2 nitrogen and oxygen atoms in total. The maximum absolute atomic E-state index is 13.0. The standard InChI is InChI=1S/C13H14F4O2/c1-2-3-4-7-19-12(18)9-5-6-11(14)10(8-9)13(15,16)17/h5-6,8H,2-4,7H2,1H3. The lowest BCUT2D eigenvalue weighted by atomic mass is 10.1. The van der Waals surface area contributed by atoms with Gasteiger partial charge in [-0.2, -0.15) is 13.2 Å². The van der Waals surface area contributed by atoms with E-state index in [9.17, 15) is 22.4 Å². The van der Waals surface area contributed by atoms with Crippen molar-refractivity contribution in [2.24, 2.45) is 0 Å². The number of hydrogen-bond donors (Lipinski definition) is 0. The Morgan fingerprint density at radius 3 is 2.53 bits per heavy atom. The Kier molecular flexibility index (Phi) is 5.32. The number of alkyl halides is 3. The van der Waals surface area contributed by atoms with Gasteiger partial charge in [-0.25, -0.2) is 9.18 Å². The van der Waals surface area contributed by atoms with Crippen LogP contribution in [0.4, 0.5) is 17.6 Å². The minimum absolute atomic E-state index is 0.144. The molecule has 1 aromatic rings. The number of carbonyl (C=O) groups excluding carboxylic acids is 1. The van der Waals surface area contributed by atoms with Crippen LogP contribution >= 0.6 is 0 Å². The first kappa shape index (κ1) is 15.5. The van der Waals surface area contributed by atoms with Gasteiger partial charge < -0.3 is 4.74 Å². The van der Waals surface area contributed by atoms with Crippen LogP contribution in [0.1, 0.15) is 42.1 Å². The van der Waals surface area contributed by atoms with Crippen LogP contribution in [0.5, 0.6) is 0 Å². The first-order chi connectivity index (χ1) is 8.86. The van der Waals surface area contributed by atoms with E-state index >= 15 is 0 Å². The molecule has 0 heterocycles. The molecule has 106 valence electrons. The SMILES string of the molecule is CCCCCOC(=O)c1ccc(F)c(C(F)(F)F)c1. The highest BCUT2D eigenvalue weighted by molar-refractivity contribution is 5.89. The molecule has 0 fully saturated rings. The highest BCUT2D eigenvalue weighted by atomic mass is 19.4. The minimum Gasteiger partial charge on any atom is -0.462 e. The van der Waals surface area contributed by atoms with Crippen LogP contribution in [-0.4, -0.2) is 12.6 Å². The van der Waals surface area contributed by atoms with Crippen molar-refractivity contribution in [3.05, 3.63) is 35.1 Å². The van der Waals surface area contributed by atoms with Gasteiger partial charge in [-0.3, -0.25) is 0 Å². The maximum atomic E-state index is 13.0. The van der Waals surface area contributed by atoms with Gasteiger partial charge in [0.2, 0.25) is 0 Å². The van der Waals surface area contributed by atoms with Crippen LogP contribution in [0.15, 0.2) is 18.2 Å². The molecule has 6 heteroatoms. The molecule has 0 amide bonds. The van der Waals surface area contributed by atoms with E-state index in [4.69, 9.17) is 4.74 Å². The van der Waals surface area contributed by atoms with Gasteiger partial charge in [0.05, 0.1) is 17.7 Å². The molecule has 0 aliphatic carbocycles. The third-order valence-corrected chi connectivity index (χ3v) is 2.49. The van der Waals surface area contributed by atoms with E-state index in [1.165, 1.54) is 0 Å². The number of benzene rings is 1. The summed E-state index contributed by atoms with van der Waals surface area (Å²) in [5.74, 6) is -2.28. The number of halogens is 4. The van der Waals surface area contributed by atoms with Crippen molar-refractivity contribution in [3.8, 4) is 0 Å². The van der Waals surface area contributed by atoms with E-state index in [0.717, 1.165) is 18.9 Å². The molecule has 0 unspecified atom stereocenters. The number of esters is 1. The second-order valence-electron chi connectivity index (χ2n) is 4.04. The van der Waals surface area contributed by atoms with Crippen LogP contribution in [0.3, 0.4) is 0 Å². The molecule has 0 bridgehead atoms. The van der Waals surface area contributed by atoms with Crippen LogP contribution in [0.2, 0.25) is 0 Å². The van der Waals surface area contributed by atoms with Crippen molar-refractivity contribution in [2.75, 3.05) is 6.61 Å². The number of carbonyl (C=O) groups is 1. The van der Waals surface area contributed by atoms with Gasteiger partial charge in [0.25, 0.3) is 0 Å². The maximum Gasteiger partial charge on any atom is 0.419 e. The molecule has 0 saturated heterocycles. The van der Waals surface area contributed by atoms with Gasteiger partial charge in [0.15, 0.2) is 0 Å². The Balaban J connectivity index is 2.76. The normalized spacial score (nSPS) is 11.4. The average molecular weight is 278 g/mol. The first-order valence-electron chi connectivity index (χ1n) is 5.90. The van der Waals surface area contributed by atoms with Crippen molar-refractivity contribution < 1.29 is 27.1 Å². The lowest BCUT2D eigenvalue weighted by molar-refractivity contribution is -0.140. The molecule has 0 aliphatic rings. The smallest absolute Gasteiger partial charge is 0.419 e. The topological polar surface area (TPSA) is 26.3 Å². The van der Waals surface area contributed by atoms with Gasteiger partial charge >= 0.3 is 12.1 Å². The molecule has 1 rings (SSSR count). The Labute approximate surface area is 108 Å². The summed E-state index contributed by atoms with van der Waals surface area (Å²) in [4.78, 5) is 11.5. The number of unbranched alkanes of at least 4 members (excludes halogenated alkanes) is 2. The summed E-state index contributed by atoms with van der Waals surface area (Å²) in [6.07, 6.45) is -2.38. The number of hydrogen-bond acceptors (Lipinski definition) is 2. The van der Waals surface area contributed by atoms with Crippen LogP contribution in [0.25, 0.3) is 0 Å². The van der Waals surface area contributed by atoms with Crippen LogP contribution in [0, 0.1) is 5.82 Å². The van der Waals surface area contributed by atoms with Crippen molar-refractivity contribution in [1.82, 2.24) is 0 Å².